The zero-order chi connectivity index (χ0) is 16.3. The first-order chi connectivity index (χ1) is 10.3. The van der Waals surface area contributed by atoms with Crippen LogP contribution in [0.15, 0.2) is 47.4 Å². The second kappa shape index (κ2) is 6.07. The molecule has 0 unspecified atom stereocenters. The quantitative estimate of drug-likeness (QED) is 0.851. The van der Waals surface area contributed by atoms with Crippen LogP contribution >= 0.6 is 0 Å². The first kappa shape index (κ1) is 15.8. The third kappa shape index (κ3) is 3.37. The molecule has 0 saturated heterocycles. The van der Waals surface area contributed by atoms with Crippen molar-refractivity contribution in [2.75, 3.05) is 7.11 Å². The lowest BCUT2D eigenvalue weighted by Gasteiger charge is -2.11. The summed E-state index contributed by atoms with van der Waals surface area (Å²) >= 11 is 0. The van der Waals surface area contributed by atoms with E-state index in [1.54, 1.807) is 12.1 Å². The first-order valence-electron chi connectivity index (χ1n) is 6.26. The number of aryl methyl sites for hydroxylation is 1. The van der Waals surface area contributed by atoms with Crippen LogP contribution in [-0.2, 0) is 10.1 Å². The molecule has 7 heteroatoms. The summed E-state index contributed by atoms with van der Waals surface area (Å²) in [7, 11) is -2.74. The molecule has 0 bridgehead atoms. The number of carboxylic acids is 1. The monoisotopic (exact) mass is 322 g/mol. The zero-order valence-corrected chi connectivity index (χ0v) is 12.8. The summed E-state index contributed by atoms with van der Waals surface area (Å²) < 4.78 is 34.5. The molecular formula is C15H14O6S. The van der Waals surface area contributed by atoms with Crippen molar-refractivity contribution in [3.63, 3.8) is 0 Å². The number of rotatable bonds is 5. The molecule has 1 N–H and O–H groups in total. The molecule has 2 rings (SSSR count). The highest BCUT2D eigenvalue weighted by molar-refractivity contribution is 7.87. The lowest BCUT2D eigenvalue weighted by atomic mass is 10.2. The van der Waals surface area contributed by atoms with E-state index < -0.39 is 16.1 Å². The fraction of sp³-hybridized carbons (Fsp3) is 0.133. The molecule has 2 aromatic carbocycles. The molecule has 0 fully saturated rings. The molecule has 0 aliphatic rings. The smallest absolute Gasteiger partial charge is 0.339 e. The number of hydrogen-bond acceptors (Lipinski definition) is 5. The number of methoxy groups -OCH3 is 1. The molecule has 0 saturated carbocycles. The van der Waals surface area contributed by atoms with Gasteiger partial charge in [0.25, 0.3) is 0 Å². The summed E-state index contributed by atoms with van der Waals surface area (Å²) in [4.78, 5) is 11.0. The van der Waals surface area contributed by atoms with Gasteiger partial charge in [-0.25, -0.2) is 4.79 Å². The third-order valence-electron chi connectivity index (χ3n) is 2.92. The Morgan fingerprint density at radius 2 is 1.68 bits per heavy atom. The Balaban J connectivity index is 2.42. The van der Waals surface area contributed by atoms with Crippen LogP contribution < -0.4 is 8.92 Å². The predicted octanol–water partition coefficient (Wildman–Crippen LogP) is 2.47. The standard InChI is InChI=1S/C15H14O6S/c1-10-3-6-12(7-4-10)22(18,19)21-14-9-11(15(16)17)5-8-13(14)20-2/h3-9H,1-2H3,(H,16,17). The van der Waals surface area contributed by atoms with E-state index in [4.69, 9.17) is 14.0 Å². The average molecular weight is 322 g/mol. The van der Waals surface area contributed by atoms with E-state index in [9.17, 15) is 13.2 Å². The SMILES string of the molecule is COc1ccc(C(=O)O)cc1OS(=O)(=O)c1ccc(C)cc1. The summed E-state index contributed by atoms with van der Waals surface area (Å²) in [5.74, 6) is -1.25. The highest BCUT2D eigenvalue weighted by Crippen LogP contribution is 2.30. The first-order valence-corrected chi connectivity index (χ1v) is 7.67. The van der Waals surface area contributed by atoms with Crippen LogP contribution in [0.3, 0.4) is 0 Å². The van der Waals surface area contributed by atoms with Crippen molar-refractivity contribution in [3.8, 4) is 11.5 Å². The van der Waals surface area contributed by atoms with E-state index in [1.807, 2.05) is 6.92 Å². The van der Waals surface area contributed by atoms with Gasteiger partial charge in [-0.15, -0.1) is 0 Å². The largest absolute Gasteiger partial charge is 0.493 e. The second-order valence-corrected chi connectivity index (χ2v) is 6.07. The van der Waals surface area contributed by atoms with Crippen LogP contribution in [-0.4, -0.2) is 26.6 Å². The Hall–Kier alpha value is -2.54. The Morgan fingerprint density at radius 3 is 2.23 bits per heavy atom. The normalized spacial score (nSPS) is 11.0. The van der Waals surface area contributed by atoms with E-state index in [-0.39, 0.29) is 22.0 Å². The molecule has 0 aliphatic heterocycles. The van der Waals surface area contributed by atoms with Crippen molar-refractivity contribution < 1.29 is 27.2 Å². The minimum Gasteiger partial charge on any atom is -0.493 e. The number of benzene rings is 2. The lowest BCUT2D eigenvalue weighted by Crippen LogP contribution is -2.11. The number of ether oxygens (including phenoxy) is 1. The van der Waals surface area contributed by atoms with Crippen LogP contribution in [0.25, 0.3) is 0 Å². The maximum absolute atomic E-state index is 12.2. The van der Waals surface area contributed by atoms with Gasteiger partial charge in [0.1, 0.15) is 4.90 Å². The summed E-state index contributed by atoms with van der Waals surface area (Å²) in [6.07, 6.45) is 0. The lowest BCUT2D eigenvalue weighted by molar-refractivity contribution is 0.0696. The van der Waals surface area contributed by atoms with E-state index in [0.717, 1.165) is 11.6 Å². The van der Waals surface area contributed by atoms with Crippen molar-refractivity contribution in [2.45, 2.75) is 11.8 Å². The topological polar surface area (TPSA) is 89.9 Å². The third-order valence-corrected chi connectivity index (χ3v) is 4.17. The highest BCUT2D eigenvalue weighted by Gasteiger charge is 2.20. The molecule has 0 aromatic heterocycles. The van der Waals surface area contributed by atoms with Gasteiger partial charge in [0, 0.05) is 6.07 Å². The molecule has 116 valence electrons. The van der Waals surface area contributed by atoms with E-state index in [2.05, 4.69) is 0 Å². The van der Waals surface area contributed by atoms with Gasteiger partial charge in [-0.2, -0.15) is 8.42 Å². The van der Waals surface area contributed by atoms with Gasteiger partial charge >= 0.3 is 16.1 Å². The minimum absolute atomic E-state index is 0.0270. The van der Waals surface area contributed by atoms with Crippen LogP contribution in [0.2, 0.25) is 0 Å². The summed E-state index contributed by atoms with van der Waals surface area (Å²) in [6, 6.07) is 9.85. The van der Waals surface area contributed by atoms with Crippen molar-refractivity contribution in [1.82, 2.24) is 0 Å². The molecular weight excluding hydrogens is 308 g/mol. The molecule has 0 amide bonds. The summed E-state index contributed by atoms with van der Waals surface area (Å²) in [5, 5.41) is 8.97. The predicted molar refractivity (Wildman–Crippen MR) is 78.9 cm³/mol. The fourth-order valence-corrected chi connectivity index (χ4v) is 2.68. The van der Waals surface area contributed by atoms with Gasteiger partial charge in [0.05, 0.1) is 12.7 Å². The number of carboxylic acid groups (broad SMARTS) is 1. The van der Waals surface area contributed by atoms with Gasteiger partial charge in [-0.1, -0.05) is 17.7 Å². The molecule has 0 heterocycles. The minimum atomic E-state index is -4.08. The number of hydrogen-bond donors (Lipinski definition) is 1. The molecule has 0 spiro atoms. The molecule has 6 nitrogen and oxygen atoms in total. The Bertz CT molecular complexity index is 793. The number of carbonyl (C=O) groups is 1. The maximum atomic E-state index is 12.2. The highest BCUT2D eigenvalue weighted by atomic mass is 32.2. The van der Waals surface area contributed by atoms with E-state index in [0.29, 0.717) is 0 Å². The van der Waals surface area contributed by atoms with E-state index >= 15 is 0 Å². The average Bonchev–Trinajstić information content (AvgIpc) is 2.47. The van der Waals surface area contributed by atoms with Crippen molar-refractivity contribution >= 4 is 16.1 Å². The summed E-state index contributed by atoms with van der Waals surface area (Å²) in [5.41, 5.74) is 0.805. The second-order valence-electron chi connectivity index (χ2n) is 4.52. The molecule has 2 aromatic rings. The Labute approximate surface area is 128 Å². The fourth-order valence-electron chi connectivity index (χ4n) is 1.75. The van der Waals surface area contributed by atoms with Gasteiger partial charge < -0.3 is 14.0 Å². The van der Waals surface area contributed by atoms with Crippen LogP contribution in [0.1, 0.15) is 15.9 Å². The molecule has 0 aliphatic carbocycles. The van der Waals surface area contributed by atoms with Crippen molar-refractivity contribution in [1.29, 1.82) is 0 Å². The summed E-state index contributed by atoms with van der Waals surface area (Å²) in [6.45, 7) is 1.83. The van der Waals surface area contributed by atoms with Crippen LogP contribution in [0.5, 0.6) is 11.5 Å². The molecule has 0 radical (unpaired) electrons. The molecule has 0 atom stereocenters. The van der Waals surface area contributed by atoms with E-state index in [1.165, 1.54) is 31.4 Å². The van der Waals surface area contributed by atoms with Crippen LogP contribution in [0, 0.1) is 6.92 Å². The van der Waals surface area contributed by atoms with Gasteiger partial charge in [0.15, 0.2) is 11.5 Å². The number of aromatic carboxylic acids is 1. The van der Waals surface area contributed by atoms with Gasteiger partial charge in [-0.3, -0.25) is 0 Å². The molecule has 22 heavy (non-hydrogen) atoms. The maximum Gasteiger partial charge on any atom is 0.339 e. The van der Waals surface area contributed by atoms with Gasteiger partial charge in [0.2, 0.25) is 0 Å². The van der Waals surface area contributed by atoms with Crippen molar-refractivity contribution in [2.24, 2.45) is 0 Å². The Kier molecular flexibility index (Phi) is 4.37. The van der Waals surface area contributed by atoms with Crippen molar-refractivity contribution in [3.05, 3.63) is 53.6 Å². The zero-order valence-electron chi connectivity index (χ0n) is 11.9. The Morgan fingerprint density at radius 1 is 1.05 bits per heavy atom. The van der Waals surface area contributed by atoms with Crippen LogP contribution in [0.4, 0.5) is 0 Å². The van der Waals surface area contributed by atoms with Gasteiger partial charge in [-0.05, 0) is 31.2 Å².